The maximum Gasteiger partial charge on any atom is 0.418 e. The quantitative estimate of drug-likeness (QED) is 0.800. The molecule has 1 rings (SSSR count). The van der Waals surface area contributed by atoms with E-state index in [2.05, 4.69) is 5.32 Å². The second kappa shape index (κ2) is 5.24. The van der Waals surface area contributed by atoms with Crippen LogP contribution < -0.4 is 5.32 Å². The minimum Gasteiger partial charge on any atom is -0.325 e. The molecule has 2 nitrogen and oxygen atoms in total. The number of anilines is 1. The Morgan fingerprint density at radius 1 is 1.35 bits per heavy atom. The number of amides is 1. The second-order valence-electron chi connectivity index (χ2n) is 3.83. The van der Waals surface area contributed by atoms with Crippen molar-refractivity contribution in [2.24, 2.45) is 5.92 Å². The number of carbonyl (C=O) groups is 1. The summed E-state index contributed by atoms with van der Waals surface area (Å²) in [6.07, 6.45) is -4.47. The third kappa shape index (κ3) is 3.86. The van der Waals surface area contributed by atoms with Crippen LogP contribution in [0.2, 0.25) is 0 Å². The monoisotopic (exact) mass is 357 g/mol. The van der Waals surface area contributed by atoms with Crippen LogP contribution in [0.5, 0.6) is 0 Å². The molecule has 94 valence electrons. The molecule has 0 aromatic heterocycles. The van der Waals surface area contributed by atoms with Crippen LogP contribution in [0.3, 0.4) is 0 Å². The van der Waals surface area contributed by atoms with Gasteiger partial charge in [0.1, 0.15) is 0 Å². The van der Waals surface area contributed by atoms with Gasteiger partial charge in [-0.05, 0) is 40.8 Å². The highest BCUT2D eigenvalue weighted by atomic mass is 127. The van der Waals surface area contributed by atoms with Crippen molar-refractivity contribution >= 4 is 34.2 Å². The molecule has 1 aromatic rings. The van der Waals surface area contributed by atoms with E-state index in [0.29, 0.717) is 3.57 Å². The zero-order chi connectivity index (χ0) is 13.2. The van der Waals surface area contributed by atoms with Crippen LogP contribution in [0.4, 0.5) is 18.9 Å². The highest BCUT2D eigenvalue weighted by Gasteiger charge is 2.34. The molecule has 1 N–H and O–H groups in total. The van der Waals surface area contributed by atoms with Gasteiger partial charge in [0, 0.05) is 9.49 Å². The number of alkyl halides is 3. The van der Waals surface area contributed by atoms with Gasteiger partial charge in [-0.2, -0.15) is 13.2 Å². The second-order valence-corrected chi connectivity index (χ2v) is 5.08. The van der Waals surface area contributed by atoms with Gasteiger partial charge in [0.05, 0.1) is 11.3 Å². The van der Waals surface area contributed by atoms with Crippen molar-refractivity contribution in [2.75, 3.05) is 5.32 Å². The van der Waals surface area contributed by atoms with Crippen LogP contribution in [-0.4, -0.2) is 5.91 Å². The largest absolute Gasteiger partial charge is 0.418 e. The molecule has 0 fully saturated rings. The summed E-state index contributed by atoms with van der Waals surface area (Å²) in [7, 11) is 0. The minimum atomic E-state index is -4.47. The van der Waals surface area contributed by atoms with Crippen LogP contribution in [0.1, 0.15) is 19.4 Å². The third-order valence-electron chi connectivity index (χ3n) is 2.07. The van der Waals surface area contributed by atoms with Gasteiger partial charge in [0.2, 0.25) is 5.91 Å². The summed E-state index contributed by atoms with van der Waals surface area (Å²) in [5, 5.41) is 2.29. The van der Waals surface area contributed by atoms with Gasteiger partial charge in [-0.3, -0.25) is 4.79 Å². The molecule has 0 aliphatic carbocycles. The molecule has 0 bridgehead atoms. The third-order valence-corrected chi connectivity index (χ3v) is 2.74. The molecule has 1 aromatic carbocycles. The van der Waals surface area contributed by atoms with Crippen LogP contribution in [0.25, 0.3) is 0 Å². The first-order valence-electron chi connectivity index (χ1n) is 4.89. The van der Waals surface area contributed by atoms with Crippen LogP contribution in [0.15, 0.2) is 18.2 Å². The van der Waals surface area contributed by atoms with Crippen molar-refractivity contribution in [2.45, 2.75) is 20.0 Å². The lowest BCUT2D eigenvalue weighted by Crippen LogP contribution is -2.20. The zero-order valence-corrected chi connectivity index (χ0v) is 11.4. The van der Waals surface area contributed by atoms with Gasteiger partial charge in [-0.1, -0.05) is 13.8 Å². The summed E-state index contributed by atoms with van der Waals surface area (Å²) in [6.45, 7) is 3.24. The standard InChI is InChI=1S/C11H11F3INO/c1-6(2)10(17)16-9-5-7(15)3-4-8(9)11(12,13)14/h3-6H,1-2H3,(H,16,17). The number of carbonyl (C=O) groups excluding carboxylic acids is 1. The zero-order valence-electron chi connectivity index (χ0n) is 9.23. The van der Waals surface area contributed by atoms with Crippen molar-refractivity contribution < 1.29 is 18.0 Å². The molecular weight excluding hydrogens is 346 g/mol. The van der Waals surface area contributed by atoms with E-state index in [1.807, 2.05) is 22.6 Å². The van der Waals surface area contributed by atoms with Crippen molar-refractivity contribution in [1.29, 1.82) is 0 Å². The number of halogens is 4. The lowest BCUT2D eigenvalue weighted by molar-refractivity contribution is -0.137. The van der Waals surface area contributed by atoms with Crippen molar-refractivity contribution in [3.63, 3.8) is 0 Å². The van der Waals surface area contributed by atoms with E-state index in [-0.39, 0.29) is 11.6 Å². The molecule has 0 aliphatic rings. The van der Waals surface area contributed by atoms with Crippen molar-refractivity contribution in [3.05, 3.63) is 27.3 Å². The number of nitrogens with one attached hydrogen (secondary N) is 1. The summed E-state index contributed by atoms with van der Waals surface area (Å²) < 4.78 is 38.7. The smallest absolute Gasteiger partial charge is 0.325 e. The molecule has 0 radical (unpaired) electrons. The van der Waals surface area contributed by atoms with Crippen LogP contribution in [-0.2, 0) is 11.0 Å². The molecule has 0 unspecified atom stereocenters. The SMILES string of the molecule is CC(C)C(=O)Nc1cc(I)ccc1C(F)(F)F. The lowest BCUT2D eigenvalue weighted by Gasteiger charge is -2.15. The summed E-state index contributed by atoms with van der Waals surface area (Å²) in [6, 6.07) is 3.63. The van der Waals surface area contributed by atoms with Crippen molar-refractivity contribution in [3.8, 4) is 0 Å². The van der Waals surface area contributed by atoms with Gasteiger partial charge < -0.3 is 5.32 Å². The van der Waals surface area contributed by atoms with E-state index in [9.17, 15) is 18.0 Å². The Bertz CT molecular complexity index is 429. The number of rotatable bonds is 2. The molecule has 0 heterocycles. The highest BCUT2D eigenvalue weighted by molar-refractivity contribution is 14.1. The van der Waals surface area contributed by atoms with Gasteiger partial charge in [0.15, 0.2) is 0 Å². The average molecular weight is 357 g/mol. The first-order valence-corrected chi connectivity index (χ1v) is 5.97. The Morgan fingerprint density at radius 2 is 1.94 bits per heavy atom. The lowest BCUT2D eigenvalue weighted by atomic mass is 10.1. The van der Waals surface area contributed by atoms with E-state index in [4.69, 9.17) is 0 Å². The summed E-state index contributed by atoms with van der Waals surface area (Å²) in [4.78, 5) is 11.4. The summed E-state index contributed by atoms with van der Waals surface area (Å²) in [5.74, 6) is -0.800. The van der Waals surface area contributed by atoms with Crippen molar-refractivity contribution in [1.82, 2.24) is 0 Å². The maximum atomic E-state index is 12.7. The highest BCUT2D eigenvalue weighted by Crippen LogP contribution is 2.35. The Labute approximate surface area is 111 Å². The molecule has 0 spiro atoms. The minimum absolute atomic E-state index is 0.192. The Hall–Kier alpha value is -0.790. The topological polar surface area (TPSA) is 29.1 Å². The fourth-order valence-corrected chi connectivity index (χ4v) is 1.64. The number of hydrogen-bond acceptors (Lipinski definition) is 1. The fourth-order valence-electron chi connectivity index (χ4n) is 1.14. The van der Waals surface area contributed by atoms with E-state index >= 15 is 0 Å². The molecule has 0 saturated carbocycles. The normalized spacial score (nSPS) is 11.7. The predicted molar refractivity (Wildman–Crippen MR) is 67.6 cm³/mol. The number of hydrogen-bond donors (Lipinski definition) is 1. The molecule has 1 amide bonds. The van der Waals surface area contributed by atoms with E-state index < -0.39 is 17.6 Å². The Kier molecular flexibility index (Phi) is 4.40. The van der Waals surface area contributed by atoms with Crippen LogP contribution >= 0.6 is 22.6 Å². The molecular formula is C11H11F3INO. The van der Waals surface area contributed by atoms with Gasteiger partial charge in [0.25, 0.3) is 0 Å². The predicted octanol–water partition coefficient (Wildman–Crippen LogP) is 3.90. The molecule has 0 saturated heterocycles. The Morgan fingerprint density at radius 3 is 2.41 bits per heavy atom. The molecule has 6 heteroatoms. The fraction of sp³-hybridized carbons (Fsp3) is 0.364. The van der Waals surface area contributed by atoms with E-state index in [1.54, 1.807) is 13.8 Å². The van der Waals surface area contributed by atoms with E-state index in [0.717, 1.165) is 6.07 Å². The first kappa shape index (κ1) is 14.3. The Balaban J connectivity index is 3.12. The summed E-state index contributed by atoms with van der Waals surface area (Å²) in [5.41, 5.74) is -1.02. The summed E-state index contributed by atoms with van der Waals surface area (Å²) >= 11 is 1.90. The van der Waals surface area contributed by atoms with Gasteiger partial charge in [-0.25, -0.2) is 0 Å². The molecule has 0 aliphatic heterocycles. The maximum absolute atomic E-state index is 12.7. The first-order chi connectivity index (χ1) is 7.71. The van der Waals surface area contributed by atoms with Gasteiger partial charge in [-0.15, -0.1) is 0 Å². The molecule has 17 heavy (non-hydrogen) atoms. The van der Waals surface area contributed by atoms with Gasteiger partial charge >= 0.3 is 6.18 Å². The molecule has 0 atom stereocenters. The average Bonchev–Trinajstić information content (AvgIpc) is 2.15. The van der Waals surface area contributed by atoms with Crippen LogP contribution in [0, 0.1) is 9.49 Å². The van der Waals surface area contributed by atoms with E-state index in [1.165, 1.54) is 12.1 Å². The number of benzene rings is 1.